The summed E-state index contributed by atoms with van der Waals surface area (Å²) in [5.74, 6) is 0.580. The molecule has 0 bridgehead atoms. The summed E-state index contributed by atoms with van der Waals surface area (Å²) in [4.78, 5) is 9.46. The third kappa shape index (κ3) is 7.17. The summed E-state index contributed by atoms with van der Waals surface area (Å²) in [5.41, 5.74) is 12.4. The normalized spacial score (nSPS) is 11.7. The van der Waals surface area contributed by atoms with E-state index in [0.717, 1.165) is 77.8 Å². The van der Waals surface area contributed by atoms with Gasteiger partial charge in [-0.3, -0.25) is 5.41 Å². The summed E-state index contributed by atoms with van der Waals surface area (Å²) >= 11 is 0. The molecule has 0 saturated carbocycles. The maximum absolute atomic E-state index is 9.08. The number of rotatable bonds is 8. The van der Waals surface area contributed by atoms with Crippen LogP contribution < -0.4 is 5.32 Å². The van der Waals surface area contributed by atoms with Crippen LogP contribution in [0.25, 0.3) is 55.3 Å². The number of nitrogens with zero attached hydrogens (tertiary/aromatic N) is 2. The Kier molecular flexibility index (Phi) is 9.38. The molecular weight excluding hydrogens is 685 g/mol. The largest absolute Gasteiger partial charge is 0.455 e. The Labute approximate surface area is 325 Å². The Morgan fingerprint density at radius 1 is 0.500 bits per heavy atom. The highest BCUT2D eigenvalue weighted by atomic mass is 16.3. The Balaban J connectivity index is 1.10. The molecule has 0 aliphatic heterocycles. The van der Waals surface area contributed by atoms with E-state index < -0.39 is 0 Å². The molecule has 0 amide bonds. The Hall–Kier alpha value is -7.63. The van der Waals surface area contributed by atoms with Crippen molar-refractivity contribution in [3.63, 3.8) is 0 Å². The minimum Gasteiger partial charge on any atom is -0.455 e. The second kappa shape index (κ2) is 15.4. The van der Waals surface area contributed by atoms with Gasteiger partial charge in [-0.2, -0.15) is 0 Å². The first-order valence-corrected chi connectivity index (χ1v) is 18.6. The molecule has 0 radical (unpaired) electrons. The number of anilines is 2. The van der Waals surface area contributed by atoms with Gasteiger partial charge in [0.25, 0.3) is 0 Å². The molecule has 0 saturated heterocycles. The van der Waals surface area contributed by atoms with Crippen LogP contribution >= 0.6 is 0 Å². The van der Waals surface area contributed by atoms with Crippen LogP contribution in [0.1, 0.15) is 16.7 Å². The van der Waals surface area contributed by atoms with Crippen LogP contribution in [0, 0.1) is 5.41 Å². The zero-order valence-electron chi connectivity index (χ0n) is 30.4. The summed E-state index contributed by atoms with van der Waals surface area (Å²) in [6.07, 6.45) is 1.78. The molecule has 56 heavy (non-hydrogen) atoms. The van der Waals surface area contributed by atoms with Crippen molar-refractivity contribution < 1.29 is 4.42 Å². The number of aliphatic imine (C=N–C) groups is 2. The van der Waals surface area contributed by atoms with E-state index in [-0.39, 0.29) is 5.84 Å². The maximum Gasteiger partial charge on any atom is 0.161 e. The van der Waals surface area contributed by atoms with Crippen molar-refractivity contribution in [2.75, 3.05) is 5.32 Å². The van der Waals surface area contributed by atoms with Crippen molar-refractivity contribution in [1.82, 2.24) is 0 Å². The van der Waals surface area contributed by atoms with E-state index in [1.54, 1.807) is 6.21 Å². The van der Waals surface area contributed by atoms with Gasteiger partial charge in [-0.25, -0.2) is 9.98 Å². The third-order valence-electron chi connectivity index (χ3n) is 9.82. The summed E-state index contributed by atoms with van der Waals surface area (Å²) in [6, 6.07) is 67.6. The Morgan fingerprint density at radius 3 is 1.98 bits per heavy atom. The van der Waals surface area contributed by atoms with E-state index in [2.05, 4.69) is 96.3 Å². The molecule has 0 fully saturated rings. The highest BCUT2D eigenvalue weighted by Crippen LogP contribution is 2.40. The maximum atomic E-state index is 9.08. The summed E-state index contributed by atoms with van der Waals surface area (Å²) < 4.78 is 6.46. The zero-order chi connectivity index (χ0) is 37.7. The molecule has 5 nitrogen and oxygen atoms in total. The highest BCUT2D eigenvalue weighted by Gasteiger charge is 2.16. The molecular formula is C51H36N4O. The molecule has 0 aliphatic carbocycles. The van der Waals surface area contributed by atoms with Crippen LogP contribution in [0.4, 0.5) is 11.4 Å². The van der Waals surface area contributed by atoms with Crippen LogP contribution in [0.15, 0.2) is 215 Å². The molecule has 2 N–H and O–H groups in total. The molecule has 0 aliphatic rings. The summed E-state index contributed by atoms with van der Waals surface area (Å²) in [6.45, 7) is 0. The third-order valence-corrected chi connectivity index (χ3v) is 9.82. The van der Waals surface area contributed by atoms with Crippen LogP contribution in [0.5, 0.6) is 0 Å². The topological polar surface area (TPSA) is 73.7 Å². The van der Waals surface area contributed by atoms with Gasteiger partial charge in [0.15, 0.2) is 11.7 Å². The first kappa shape index (κ1) is 34.2. The van der Waals surface area contributed by atoms with Crippen molar-refractivity contribution in [2.24, 2.45) is 9.98 Å². The number of furan rings is 1. The van der Waals surface area contributed by atoms with Gasteiger partial charge >= 0.3 is 0 Å². The Morgan fingerprint density at radius 2 is 1.14 bits per heavy atom. The van der Waals surface area contributed by atoms with Crippen LogP contribution in [0.3, 0.4) is 0 Å². The van der Waals surface area contributed by atoms with Crippen LogP contribution in [0.2, 0.25) is 0 Å². The van der Waals surface area contributed by atoms with E-state index in [1.165, 1.54) is 0 Å². The van der Waals surface area contributed by atoms with Crippen molar-refractivity contribution >= 4 is 51.2 Å². The average Bonchev–Trinajstić information content (AvgIpc) is 3.65. The van der Waals surface area contributed by atoms with Crippen molar-refractivity contribution in [2.45, 2.75) is 0 Å². The van der Waals surface area contributed by atoms with E-state index in [1.807, 2.05) is 109 Å². The number of fused-ring (bicyclic) bond motifs is 3. The fourth-order valence-corrected chi connectivity index (χ4v) is 7.03. The number of nitrogens with one attached hydrogen (secondary N) is 2. The Bertz CT molecular complexity index is 2890. The minimum atomic E-state index is 0.114. The summed E-state index contributed by atoms with van der Waals surface area (Å²) in [7, 11) is 0. The highest BCUT2D eigenvalue weighted by molar-refractivity contribution is 6.13. The molecule has 1 heterocycles. The number of hydrogen-bond acceptors (Lipinski definition) is 3. The van der Waals surface area contributed by atoms with Gasteiger partial charge in [-0.1, -0.05) is 164 Å². The smallest absolute Gasteiger partial charge is 0.161 e. The average molecular weight is 721 g/mol. The van der Waals surface area contributed by atoms with Crippen molar-refractivity contribution in [3.05, 3.63) is 217 Å². The van der Waals surface area contributed by atoms with Gasteiger partial charge < -0.3 is 9.73 Å². The lowest BCUT2D eigenvalue weighted by molar-refractivity contribution is 0.670. The quantitative estimate of drug-likeness (QED) is 0.121. The molecule has 5 heteroatoms. The predicted molar refractivity (Wildman–Crippen MR) is 234 cm³/mol. The van der Waals surface area contributed by atoms with Gasteiger partial charge in [-0.05, 0) is 64.2 Å². The standard InChI is InChI=1S/C51H36N4O/c52-50(55-51(37-19-8-3-9-20-37)53-34-35-15-4-1-5-16-35)41-23-13-24-42(32-41)54-47-30-29-40(43-26-14-27-45-44-25-10-11-28-48(44)56-49(43)45)33-46(47)39-22-12-21-38(31-39)36-17-6-2-7-18-36/h1-34,52,54H. The fourth-order valence-electron chi connectivity index (χ4n) is 7.03. The van der Waals surface area contributed by atoms with Gasteiger partial charge in [0, 0.05) is 50.6 Å². The predicted octanol–water partition coefficient (Wildman–Crippen LogP) is 13.2. The van der Waals surface area contributed by atoms with Gasteiger partial charge in [0.2, 0.25) is 0 Å². The summed E-state index contributed by atoms with van der Waals surface area (Å²) in [5, 5.41) is 15.0. The minimum absolute atomic E-state index is 0.114. The van der Waals surface area contributed by atoms with Crippen LogP contribution in [-0.2, 0) is 0 Å². The monoisotopic (exact) mass is 720 g/mol. The molecule has 8 aromatic carbocycles. The number of amidine groups is 2. The number of hydrogen-bond donors (Lipinski definition) is 2. The van der Waals surface area contributed by atoms with Gasteiger partial charge in [0.1, 0.15) is 11.2 Å². The molecule has 9 rings (SSSR count). The van der Waals surface area contributed by atoms with E-state index >= 15 is 0 Å². The molecule has 0 spiro atoms. The number of para-hydroxylation sites is 2. The number of benzene rings is 8. The van der Waals surface area contributed by atoms with E-state index in [0.29, 0.717) is 11.4 Å². The first-order valence-electron chi connectivity index (χ1n) is 18.6. The van der Waals surface area contributed by atoms with Crippen LogP contribution in [-0.4, -0.2) is 17.9 Å². The lowest BCUT2D eigenvalue weighted by Crippen LogP contribution is -2.05. The van der Waals surface area contributed by atoms with Crippen molar-refractivity contribution in [3.8, 4) is 33.4 Å². The van der Waals surface area contributed by atoms with E-state index in [9.17, 15) is 0 Å². The SMILES string of the molecule is N=C(N=C(N=Cc1ccccc1)c1ccccc1)c1cccc(Nc2ccc(-c3cccc4c3oc3ccccc34)cc2-c2cccc(-c3ccccc3)c2)c1. The zero-order valence-corrected chi connectivity index (χ0v) is 30.4. The van der Waals surface area contributed by atoms with Gasteiger partial charge in [0.05, 0.1) is 0 Å². The first-order chi connectivity index (χ1) is 27.7. The second-order valence-corrected chi connectivity index (χ2v) is 13.5. The molecule has 1 aromatic heterocycles. The fraction of sp³-hybridized carbons (Fsp3) is 0. The van der Waals surface area contributed by atoms with Crippen molar-refractivity contribution in [1.29, 1.82) is 5.41 Å². The lowest BCUT2D eigenvalue weighted by Gasteiger charge is -2.16. The molecule has 0 atom stereocenters. The molecule has 0 unspecified atom stereocenters. The van der Waals surface area contributed by atoms with E-state index in [4.69, 9.17) is 19.8 Å². The molecule has 266 valence electrons. The van der Waals surface area contributed by atoms with Gasteiger partial charge in [-0.15, -0.1) is 0 Å². The molecule has 9 aromatic rings. The lowest BCUT2D eigenvalue weighted by atomic mass is 9.94. The second-order valence-electron chi connectivity index (χ2n) is 13.5.